The zero-order valence-electron chi connectivity index (χ0n) is 11.0. The SMILES string of the molecule is CC(CN1CCCC1)NS(=O)(=O)c1cccc(F)c1. The van der Waals surface area contributed by atoms with Crippen molar-refractivity contribution in [2.75, 3.05) is 19.6 Å². The molecular formula is C13H19FN2O2S. The summed E-state index contributed by atoms with van der Waals surface area (Å²) < 4.78 is 39.8. The molecule has 1 aliphatic rings. The largest absolute Gasteiger partial charge is 0.302 e. The molecular weight excluding hydrogens is 267 g/mol. The molecule has 0 radical (unpaired) electrons. The molecule has 1 aromatic carbocycles. The first kappa shape index (κ1) is 14.4. The Morgan fingerprint density at radius 2 is 2.05 bits per heavy atom. The fourth-order valence-electron chi connectivity index (χ4n) is 2.36. The van der Waals surface area contributed by atoms with Gasteiger partial charge in [-0.15, -0.1) is 0 Å². The van der Waals surface area contributed by atoms with Gasteiger partial charge in [0, 0.05) is 12.6 Å². The van der Waals surface area contributed by atoms with Gasteiger partial charge in [0.15, 0.2) is 0 Å². The maximum Gasteiger partial charge on any atom is 0.240 e. The van der Waals surface area contributed by atoms with Gasteiger partial charge in [0.2, 0.25) is 10.0 Å². The van der Waals surface area contributed by atoms with E-state index in [-0.39, 0.29) is 10.9 Å². The zero-order valence-corrected chi connectivity index (χ0v) is 11.8. The highest BCUT2D eigenvalue weighted by Crippen LogP contribution is 2.12. The van der Waals surface area contributed by atoms with Gasteiger partial charge >= 0.3 is 0 Å². The minimum absolute atomic E-state index is 0.0271. The van der Waals surface area contributed by atoms with E-state index in [1.54, 1.807) is 0 Å². The van der Waals surface area contributed by atoms with Crippen LogP contribution in [0.25, 0.3) is 0 Å². The van der Waals surface area contributed by atoms with Crippen molar-refractivity contribution in [3.8, 4) is 0 Å². The van der Waals surface area contributed by atoms with Crippen molar-refractivity contribution in [2.24, 2.45) is 0 Å². The van der Waals surface area contributed by atoms with Gasteiger partial charge < -0.3 is 4.90 Å². The Labute approximate surface area is 113 Å². The Morgan fingerprint density at radius 3 is 2.68 bits per heavy atom. The van der Waals surface area contributed by atoms with E-state index < -0.39 is 15.8 Å². The second-order valence-electron chi connectivity index (χ2n) is 4.99. The Morgan fingerprint density at radius 1 is 1.37 bits per heavy atom. The summed E-state index contributed by atoms with van der Waals surface area (Å²) >= 11 is 0. The van der Waals surface area contributed by atoms with Crippen molar-refractivity contribution >= 4 is 10.0 Å². The maximum absolute atomic E-state index is 13.1. The number of hydrogen-bond acceptors (Lipinski definition) is 3. The molecule has 0 saturated carbocycles. The number of benzene rings is 1. The summed E-state index contributed by atoms with van der Waals surface area (Å²) in [5.74, 6) is -0.546. The molecule has 1 fully saturated rings. The van der Waals surface area contributed by atoms with Crippen LogP contribution in [0.2, 0.25) is 0 Å². The number of rotatable bonds is 5. The fourth-order valence-corrected chi connectivity index (χ4v) is 3.62. The maximum atomic E-state index is 13.1. The molecule has 1 heterocycles. The van der Waals surface area contributed by atoms with Gasteiger partial charge in [0.25, 0.3) is 0 Å². The summed E-state index contributed by atoms with van der Waals surface area (Å²) in [7, 11) is -3.64. The van der Waals surface area contributed by atoms with Crippen molar-refractivity contribution in [1.82, 2.24) is 9.62 Å². The molecule has 0 aromatic heterocycles. The van der Waals surface area contributed by atoms with Gasteiger partial charge in [-0.05, 0) is 51.1 Å². The lowest BCUT2D eigenvalue weighted by Gasteiger charge is -2.21. The Balaban J connectivity index is 2.00. The van der Waals surface area contributed by atoms with E-state index in [0.717, 1.165) is 19.2 Å². The van der Waals surface area contributed by atoms with Gasteiger partial charge in [-0.25, -0.2) is 17.5 Å². The van der Waals surface area contributed by atoms with Crippen LogP contribution in [0.3, 0.4) is 0 Å². The van der Waals surface area contributed by atoms with E-state index in [1.807, 2.05) is 6.92 Å². The quantitative estimate of drug-likeness (QED) is 0.894. The summed E-state index contributed by atoms with van der Waals surface area (Å²) in [4.78, 5) is 2.21. The number of nitrogens with zero attached hydrogens (tertiary/aromatic N) is 1. The second kappa shape index (κ2) is 5.98. The van der Waals surface area contributed by atoms with Crippen molar-refractivity contribution in [3.05, 3.63) is 30.1 Å². The monoisotopic (exact) mass is 286 g/mol. The molecule has 0 spiro atoms. The molecule has 4 nitrogen and oxygen atoms in total. The smallest absolute Gasteiger partial charge is 0.240 e. The standard InChI is InChI=1S/C13H19FN2O2S/c1-11(10-16-7-2-3-8-16)15-19(17,18)13-6-4-5-12(14)9-13/h4-6,9,11,15H,2-3,7-8,10H2,1H3. The van der Waals surface area contributed by atoms with E-state index in [1.165, 1.54) is 31.0 Å². The molecule has 1 N–H and O–H groups in total. The first-order chi connectivity index (χ1) is 8.97. The highest BCUT2D eigenvalue weighted by molar-refractivity contribution is 7.89. The summed E-state index contributed by atoms with van der Waals surface area (Å²) in [5.41, 5.74) is 0. The molecule has 1 saturated heterocycles. The van der Waals surface area contributed by atoms with E-state index in [9.17, 15) is 12.8 Å². The molecule has 1 atom stereocenters. The predicted molar refractivity (Wildman–Crippen MR) is 71.9 cm³/mol. The topological polar surface area (TPSA) is 49.4 Å². The third-order valence-electron chi connectivity index (χ3n) is 3.19. The molecule has 1 aromatic rings. The predicted octanol–water partition coefficient (Wildman–Crippen LogP) is 1.59. The van der Waals surface area contributed by atoms with Crippen LogP contribution in [0.5, 0.6) is 0 Å². The van der Waals surface area contributed by atoms with E-state index in [2.05, 4.69) is 9.62 Å². The van der Waals surface area contributed by atoms with Gasteiger partial charge in [-0.1, -0.05) is 6.07 Å². The number of nitrogens with one attached hydrogen (secondary N) is 1. The third kappa shape index (κ3) is 3.99. The molecule has 19 heavy (non-hydrogen) atoms. The van der Waals surface area contributed by atoms with Crippen molar-refractivity contribution in [2.45, 2.75) is 30.7 Å². The molecule has 1 unspecified atom stereocenters. The first-order valence-corrected chi connectivity index (χ1v) is 7.96. The van der Waals surface area contributed by atoms with E-state index in [4.69, 9.17) is 0 Å². The van der Waals surface area contributed by atoms with E-state index in [0.29, 0.717) is 6.54 Å². The lowest BCUT2D eigenvalue weighted by Crippen LogP contribution is -2.41. The summed E-state index contributed by atoms with van der Waals surface area (Å²) in [6, 6.07) is 4.87. The van der Waals surface area contributed by atoms with Crippen molar-refractivity contribution < 1.29 is 12.8 Å². The molecule has 106 valence electrons. The van der Waals surface area contributed by atoms with E-state index >= 15 is 0 Å². The summed E-state index contributed by atoms with van der Waals surface area (Å²) in [6.07, 6.45) is 2.34. The average Bonchev–Trinajstić information content (AvgIpc) is 2.81. The Bertz CT molecular complexity index is 527. The molecule has 0 amide bonds. The Kier molecular flexibility index (Phi) is 4.54. The van der Waals surface area contributed by atoms with Gasteiger partial charge in [-0.2, -0.15) is 0 Å². The van der Waals surface area contributed by atoms with Gasteiger partial charge in [-0.3, -0.25) is 0 Å². The van der Waals surface area contributed by atoms with Crippen LogP contribution in [0.4, 0.5) is 4.39 Å². The second-order valence-corrected chi connectivity index (χ2v) is 6.70. The third-order valence-corrected chi connectivity index (χ3v) is 4.78. The zero-order chi connectivity index (χ0) is 13.9. The van der Waals surface area contributed by atoms with Crippen molar-refractivity contribution in [1.29, 1.82) is 0 Å². The van der Waals surface area contributed by atoms with Crippen LogP contribution < -0.4 is 4.72 Å². The summed E-state index contributed by atoms with van der Waals surface area (Å²) in [5, 5.41) is 0. The van der Waals surface area contributed by atoms with Crippen LogP contribution in [0.1, 0.15) is 19.8 Å². The highest BCUT2D eigenvalue weighted by atomic mass is 32.2. The average molecular weight is 286 g/mol. The van der Waals surface area contributed by atoms with Crippen LogP contribution in [-0.4, -0.2) is 39.0 Å². The molecule has 0 bridgehead atoms. The number of halogens is 1. The minimum Gasteiger partial charge on any atom is -0.302 e. The van der Waals surface area contributed by atoms with Crippen LogP contribution in [0, 0.1) is 5.82 Å². The number of sulfonamides is 1. The molecule has 2 rings (SSSR count). The number of likely N-dealkylation sites (tertiary alicyclic amines) is 1. The Hall–Kier alpha value is -0.980. The minimum atomic E-state index is -3.64. The normalized spacial score (nSPS) is 18.6. The molecule has 0 aliphatic carbocycles. The van der Waals surface area contributed by atoms with Crippen LogP contribution in [-0.2, 0) is 10.0 Å². The van der Waals surface area contributed by atoms with Gasteiger partial charge in [0.1, 0.15) is 5.82 Å². The lowest BCUT2D eigenvalue weighted by molar-refractivity contribution is 0.312. The number of hydrogen-bond donors (Lipinski definition) is 1. The van der Waals surface area contributed by atoms with Gasteiger partial charge in [0.05, 0.1) is 4.90 Å². The van der Waals surface area contributed by atoms with Crippen LogP contribution >= 0.6 is 0 Å². The molecule has 6 heteroatoms. The summed E-state index contributed by atoms with van der Waals surface area (Å²) in [6.45, 7) is 4.56. The first-order valence-electron chi connectivity index (χ1n) is 6.47. The van der Waals surface area contributed by atoms with Crippen LogP contribution in [0.15, 0.2) is 29.2 Å². The molecule has 1 aliphatic heterocycles. The lowest BCUT2D eigenvalue weighted by atomic mass is 10.3. The van der Waals surface area contributed by atoms with Crippen molar-refractivity contribution in [3.63, 3.8) is 0 Å². The highest BCUT2D eigenvalue weighted by Gasteiger charge is 2.20. The fraction of sp³-hybridized carbons (Fsp3) is 0.538.